The number of amides is 2. The zero-order chi connectivity index (χ0) is 24.1. The zero-order valence-corrected chi connectivity index (χ0v) is 19.4. The van der Waals surface area contributed by atoms with Crippen molar-refractivity contribution in [1.29, 1.82) is 0 Å². The van der Waals surface area contributed by atoms with E-state index in [-0.39, 0.29) is 24.2 Å². The maximum Gasteiger partial charge on any atom is 0.411 e. The predicted molar refractivity (Wildman–Crippen MR) is 129 cm³/mol. The Morgan fingerprint density at radius 3 is 2.68 bits per heavy atom. The minimum Gasteiger partial charge on any atom is -0.465 e. The van der Waals surface area contributed by atoms with E-state index in [1.165, 1.54) is 0 Å². The molecule has 0 bridgehead atoms. The van der Waals surface area contributed by atoms with Crippen molar-refractivity contribution in [1.82, 2.24) is 0 Å². The third kappa shape index (κ3) is 5.30. The second kappa shape index (κ2) is 10.1. The summed E-state index contributed by atoms with van der Waals surface area (Å²) in [6.07, 6.45) is 2.54. The van der Waals surface area contributed by atoms with Gasteiger partial charge in [0.1, 0.15) is 0 Å². The molecule has 1 heterocycles. The van der Waals surface area contributed by atoms with Crippen molar-refractivity contribution >= 4 is 29.3 Å². The molecule has 178 valence electrons. The molecule has 0 spiro atoms. The lowest BCUT2D eigenvalue weighted by atomic mass is 9.75. The van der Waals surface area contributed by atoms with Gasteiger partial charge in [-0.05, 0) is 61.1 Å². The van der Waals surface area contributed by atoms with E-state index in [4.69, 9.17) is 9.47 Å². The number of ether oxygens (including phenoxy) is 2. The van der Waals surface area contributed by atoms with Gasteiger partial charge in [-0.15, -0.1) is 0 Å². The van der Waals surface area contributed by atoms with E-state index in [9.17, 15) is 14.4 Å². The van der Waals surface area contributed by atoms with Crippen LogP contribution in [0.2, 0.25) is 0 Å². The fourth-order valence-electron chi connectivity index (χ4n) is 4.83. The molecule has 2 N–H and O–H groups in total. The molecular formula is C27H30N2O5. The highest BCUT2D eigenvalue weighted by Gasteiger charge is 2.55. The molecule has 2 fully saturated rings. The number of nitrogens with one attached hydrogen (secondary N) is 2. The minimum atomic E-state index is -0.512. The largest absolute Gasteiger partial charge is 0.465 e. The predicted octanol–water partition coefficient (Wildman–Crippen LogP) is 4.88. The molecule has 2 aromatic rings. The molecule has 7 heteroatoms. The van der Waals surface area contributed by atoms with Gasteiger partial charge in [0.2, 0.25) is 5.91 Å². The Bertz CT molecular complexity index is 1090. The van der Waals surface area contributed by atoms with Crippen molar-refractivity contribution in [2.45, 2.75) is 39.0 Å². The monoisotopic (exact) mass is 462 g/mol. The SMILES string of the molecule is C=C1CC2COC(=O)C2(Cc2ccc(NC(=O)Cc3cccc(NC(=O)OCCC)c3)cc2)C1. The summed E-state index contributed by atoms with van der Waals surface area (Å²) < 4.78 is 10.4. The van der Waals surface area contributed by atoms with Crippen LogP contribution in [-0.2, 0) is 31.9 Å². The van der Waals surface area contributed by atoms with Crippen LogP contribution in [0.25, 0.3) is 0 Å². The second-order valence-corrected chi connectivity index (χ2v) is 9.14. The number of allylic oxidation sites excluding steroid dienone is 1. The van der Waals surface area contributed by atoms with Gasteiger partial charge in [-0.3, -0.25) is 14.9 Å². The van der Waals surface area contributed by atoms with Gasteiger partial charge in [0.15, 0.2) is 0 Å². The fourth-order valence-corrected chi connectivity index (χ4v) is 4.83. The molecule has 2 amide bonds. The summed E-state index contributed by atoms with van der Waals surface area (Å²) in [6.45, 7) is 6.84. The number of cyclic esters (lactones) is 1. The summed E-state index contributed by atoms with van der Waals surface area (Å²) in [5.74, 6) is -0.0851. The number of esters is 1. The van der Waals surface area contributed by atoms with Crippen LogP contribution in [0.1, 0.15) is 37.3 Å². The number of carbonyl (C=O) groups is 3. The van der Waals surface area contributed by atoms with Gasteiger partial charge in [0, 0.05) is 17.3 Å². The van der Waals surface area contributed by atoms with E-state index in [1.54, 1.807) is 18.2 Å². The van der Waals surface area contributed by atoms with Crippen LogP contribution in [-0.4, -0.2) is 31.2 Å². The van der Waals surface area contributed by atoms with Crippen LogP contribution < -0.4 is 10.6 Å². The zero-order valence-electron chi connectivity index (χ0n) is 19.4. The van der Waals surface area contributed by atoms with Gasteiger partial charge in [-0.1, -0.05) is 43.3 Å². The Kier molecular flexibility index (Phi) is 7.01. The second-order valence-electron chi connectivity index (χ2n) is 9.14. The summed E-state index contributed by atoms with van der Waals surface area (Å²) in [4.78, 5) is 36.8. The summed E-state index contributed by atoms with van der Waals surface area (Å²) in [5.41, 5.74) is 3.68. The molecule has 1 aliphatic carbocycles. The number of hydrogen-bond acceptors (Lipinski definition) is 5. The van der Waals surface area contributed by atoms with Crippen LogP contribution >= 0.6 is 0 Å². The first-order valence-corrected chi connectivity index (χ1v) is 11.6. The molecule has 7 nitrogen and oxygen atoms in total. The maximum absolute atomic E-state index is 12.6. The van der Waals surface area contributed by atoms with Crippen LogP contribution in [0.4, 0.5) is 16.2 Å². The molecule has 1 saturated carbocycles. The number of fused-ring (bicyclic) bond motifs is 1. The molecule has 1 saturated heterocycles. The molecule has 2 aromatic carbocycles. The van der Waals surface area contributed by atoms with Crippen molar-refractivity contribution in [3.8, 4) is 0 Å². The van der Waals surface area contributed by atoms with Crippen molar-refractivity contribution in [3.63, 3.8) is 0 Å². The van der Waals surface area contributed by atoms with Gasteiger partial charge in [-0.2, -0.15) is 0 Å². The summed E-state index contributed by atoms with van der Waals surface area (Å²) in [5, 5.41) is 5.57. The van der Waals surface area contributed by atoms with Gasteiger partial charge >= 0.3 is 12.1 Å². The molecule has 0 radical (unpaired) electrons. The van der Waals surface area contributed by atoms with Gasteiger partial charge in [-0.25, -0.2) is 4.79 Å². The first kappa shape index (κ1) is 23.5. The fraction of sp³-hybridized carbons (Fsp3) is 0.370. The van der Waals surface area contributed by atoms with Gasteiger partial charge in [0.05, 0.1) is 25.0 Å². The highest BCUT2D eigenvalue weighted by atomic mass is 16.5. The lowest BCUT2D eigenvalue weighted by Crippen LogP contribution is -2.31. The lowest BCUT2D eigenvalue weighted by molar-refractivity contribution is -0.146. The third-order valence-electron chi connectivity index (χ3n) is 6.44. The number of anilines is 2. The smallest absolute Gasteiger partial charge is 0.411 e. The summed E-state index contributed by atoms with van der Waals surface area (Å²) in [7, 11) is 0. The van der Waals surface area contributed by atoms with Crippen molar-refractivity contribution in [2.24, 2.45) is 11.3 Å². The van der Waals surface area contributed by atoms with Crippen LogP contribution in [0, 0.1) is 11.3 Å². The Labute approximate surface area is 199 Å². The first-order chi connectivity index (χ1) is 16.4. The van der Waals surface area contributed by atoms with E-state index in [1.807, 2.05) is 37.3 Å². The quantitative estimate of drug-likeness (QED) is 0.431. The van der Waals surface area contributed by atoms with Gasteiger partial charge in [0.25, 0.3) is 0 Å². The molecule has 34 heavy (non-hydrogen) atoms. The molecule has 1 aliphatic heterocycles. The minimum absolute atomic E-state index is 0.121. The Balaban J connectivity index is 1.33. The number of benzene rings is 2. The Hall–Kier alpha value is -3.61. The number of hydrogen-bond donors (Lipinski definition) is 2. The van der Waals surface area contributed by atoms with E-state index in [0.29, 0.717) is 37.4 Å². The molecule has 0 aromatic heterocycles. The molecule has 4 rings (SSSR count). The molecular weight excluding hydrogens is 432 g/mol. The highest BCUT2D eigenvalue weighted by molar-refractivity contribution is 5.92. The normalized spacial score (nSPS) is 21.0. The average molecular weight is 463 g/mol. The average Bonchev–Trinajstić information content (AvgIpc) is 3.27. The van der Waals surface area contributed by atoms with Crippen molar-refractivity contribution in [2.75, 3.05) is 23.8 Å². The summed E-state index contributed by atoms with van der Waals surface area (Å²) in [6, 6.07) is 14.7. The van der Waals surface area contributed by atoms with Crippen molar-refractivity contribution < 1.29 is 23.9 Å². The van der Waals surface area contributed by atoms with Crippen LogP contribution in [0.15, 0.2) is 60.7 Å². The lowest BCUT2D eigenvalue weighted by Gasteiger charge is -2.24. The summed E-state index contributed by atoms with van der Waals surface area (Å²) >= 11 is 0. The number of carbonyl (C=O) groups excluding carboxylic acids is 3. The van der Waals surface area contributed by atoms with E-state index >= 15 is 0 Å². The van der Waals surface area contributed by atoms with Gasteiger partial charge < -0.3 is 14.8 Å². The topological polar surface area (TPSA) is 93.7 Å². The van der Waals surface area contributed by atoms with Crippen LogP contribution in [0.3, 0.4) is 0 Å². The highest BCUT2D eigenvalue weighted by Crippen LogP contribution is 2.52. The standard InChI is InChI=1S/C27H30N2O5/c1-3-11-33-26(32)29-23-6-4-5-20(13-23)14-24(30)28-22-9-7-19(8-10-22)16-27-15-18(2)12-21(27)17-34-25(27)31/h4-10,13,21H,2-3,11-12,14-17H2,1H3,(H,28,30)(H,29,32). The number of rotatable bonds is 8. The molecule has 2 aliphatic rings. The van der Waals surface area contributed by atoms with Crippen molar-refractivity contribution in [3.05, 3.63) is 71.8 Å². The van der Waals surface area contributed by atoms with E-state index < -0.39 is 11.5 Å². The van der Waals surface area contributed by atoms with Crippen LogP contribution in [0.5, 0.6) is 0 Å². The Morgan fingerprint density at radius 2 is 1.91 bits per heavy atom. The molecule has 2 unspecified atom stereocenters. The van der Waals surface area contributed by atoms with E-state index in [0.717, 1.165) is 29.5 Å². The first-order valence-electron chi connectivity index (χ1n) is 11.6. The molecule has 2 atom stereocenters. The Morgan fingerprint density at radius 1 is 1.12 bits per heavy atom. The van der Waals surface area contributed by atoms with E-state index in [2.05, 4.69) is 17.2 Å². The maximum atomic E-state index is 12.6. The third-order valence-corrected chi connectivity index (χ3v) is 6.44.